The number of piperazine rings is 1. The maximum atomic E-state index is 11.2. The summed E-state index contributed by atoms with van der Waals surface area (Å²) in [4.78, 5) is 23.9. The average molecular weight is 246 g/mol. The normalized spacial score (nSPS) is 30.4. The molecule has 1 N–H and O–H groups in total. The number of sulfone groups is 1. The van der Waals surface area contributed by atoms with Crippen LogP contribution in [0.25, 0.3) is 0 Å². The van der Waals surface area contributed by atoms with Gasteiger partial charge >= 0.3 is 0 Å². The molecule has 2 aliphatic heterocycles. The average Bonchev–Trinajstić information content (AvgIpc) is 2.43. The van der Waals surface area contributed by atoms with E-state index in [4.69, 9.17) is 0 Å². The van der Waals surface area contributed by atoms with Gasteiger partial charge in [0.1, 0.15) is 0 Å². The Morgan fingerprint density at radius 3 is 2.38 bits per heavy atom. The van der Waals surface area contributed by atoms with Crippen molar-refractivity contribution >= 4 is 21.7 Å². The summed E-state index contributed by atoms with van der Waals surface area (Å²) >= 11 is 0. The molecule has 0 aromatic heterocycles. The Bertz CT molecular complexity index is 401. The van der Waals surface area contributed by atoms with Crippen LogP contribution < -0.4 is 5.32 Å². The van der Waals surface area contributed by atoms with E-state index < -0.39 is 9.84 Å². The summed E-state index contributed by atoms with van der Waals surface area (Å²) in [5.74, 6) is -0.150. The highest BCUT2D eigenvalue weighted by Crippen LogP contribution is 2.19. The lowest BCUT2D eigenvalue weighted by atomic mass is 10.1. The van der Waals surface area contributed by atoms with Crippen LogP contribution in [0.15, 0.2) is 0 Å². The van der Waals surface area contributed by atoms with E-state index in [2.05, 4.69) is 5.32 Å². The quantitative estimate of drug-likeness (QED) is 0.592. The first kappa shape index (κ1) is 11.5. The number of rotatable bonds is 2. The summed E-state index contributed by atoms with van der Waals surface area (Å²) in [7, 11) is -2.89. The second kappa shape index (κ2) is 4.14. The molecule has 0 spiro atoms. The van der Waals surface area contributed by atoms with Crippen LogP contribution in [0.4, 0.5) is 0 Å². The Hall–Kier alpha value is -0.950. The number of carbonyl (C=O) groups is 2. The zero-order valence-corrected chi connectivity index (χ0v) is 9.62. The highest BCUT2D eigenvalue weighted by atomic mass is 32.2. The zero-order chi connectivity index (χ0) is 11.8. The molecule has 2 fully saturated rings. The molecule has 1 unspecified atom stereocenters. The van der Waals surface area contributed by atoms with Crippen LogP contribution in [0.1, 0.15) is 6.42 Å². The van der Waals surface area contributed by atoms with Crippen molar-refractivity contribution in [3.05, 3.63) is 0 Å². The molecule has 0 saturated carbocycles. The van der Waals surface area contributed by atoms with Crippen LogP contribution in [0.3, 0.4) is 0 Å². The maximum absolute atomic E-state index is 11.2. The van der Waals surface area contributed by atoms with E-state index in [1.807, 2.05) is 0 Å². The van der Waals surface area contributed by atoms with Gasteiger partial charge in [0.2, 0.25) is 11.8 Å². The third kappa shape index (κ3) is 2.79. The summed E-state index contributed by atoms with van der Waals surface area (Å²) in [6, 6.07) is 0. The van der Waals surface area contributed by atoms with Crippen molar-refractivity contribution in [1.29, 1.82) is 0 Å². The highest BCUT2D eigenvalue weighted by Gasteiger charge is 2.31. The zero-order valence-electron chi connectivity index (χ0n) is 8.81. The molecule has 90 valence electrons. The van der Waals surface area contributed by atoms with Gasteiger partial charge in [0.05, 0.1) is 24.6 Å². The standard InChI is InChI=1S/C9H14N2O4S/c12-8-4-11(5-9(13)10-8)3-7-1-2-16(14,15)6-7/h7H,1-6H2,(H,10,12,13). The molecular weight excluding hydrogens is 232 g/mol. The topological polar surface area (TPSA) is 83.6 Å². The lowest BCUT2D eigenvalue weighted by Gasteiger charge is -2.27. The van der Waals surface area contributed by atoms with Crippen molar-refractivity contribution in [2.75, 3.05) is 31.1 Å². The largest absolute Gasteiger partial charge is 0.294 e. The molecule has 2 amide bonds. The number of amides is 2. The lowest BCUT2D eigenvalue weighted by molar-refractivity contribution is -0.136. The fraction of sp³-hybridized carbons (Fsp3) is 0.778. The van der Waals surface area contributed by atoms with Crippen molar-refractivity contribution in [3.63, 3.8) is 0 Å². The van der Waals surface area contributed by atoms with Crippen LogP contribution in [0.5, 0.6) is 0 Å². The number of nitrogens with one attached hydrogen (secondary N) is 1. The van der Waals surface area contributed by atoms with Gasteiger partial charge in [-0.1, -0.05) is 0 Å². The molecule has 2 rings (SSSR count). The minimum absolute atomic E-state index is 0.0590. The molecule has 2 saturated heterocycles. The molecule has 0 aliphatic carbocycles. The van der Waals surface area contributed by atoms with E-state index in [1.165, 1.54) is 0 Å². The molecule has 0 aromatic rings. The Labute approximate surface area is 93.9 Å². The summed E-state index contributed by atoms with van der Waals surface area (Å²) in [5.41, 5.74) is 0. The Morgan fingerprint density at radius 2 is 1.88 bits per heavy atom. The van der Waals surface area contributed by atoms with E-state index in [-0.39, 0.29) is 42.3 Å². The van der Waals surface area contributed by atoms with Gasteiger partial charge in [0.25, 0.3) is 0 Å². The van der Waals surface area contributed by atoms with Crippen LogP contribution in [-0.4, -0.2) is 56.3 Å². The smallest absolute Gasteiger partial charge is 0.240 e. The summed E-state index contributed by atoms with van der Waals surface area (Å²) in [6.07, 6.45) is 0.634. The number of carbonyl (C=O) groups excluding carboxylic acids is 2. The third-order valence-corrected chi connectivity index (χ3v) is 4.69. The predicted octanol–water partition coefficient (Wildman–Crippen LogP) is -1.62. The fourth-order valence-electron chi connectivity index (χ4n) is 2.21. The van der Waals surface area contributed by atoms with Crippen LogP contribution in [0.2, 0.25) is 0 Å². The molecule has 0 bridgehead atoms. The molecule has 6 nitrogen and oxygen atoms in total. The molecule has 7 heteroatoms. The van der Waals surface area contributed by atoms with Crippen molar-refractivity contribution < 1.29 is 18.0 Å². The molecule has 0 aromatic carbocycles. The second-order valence-electron chi connectivity index (χ2n) is 4.41. The minimum Gasteiger partial charge on any atom is -0.294 e. The van der Waals surface area contributed by atoms with Gasteiger partial charge in [-0.2, -0.15) is 0 Å². The minimum atomic E-state index is -2.89. The van der Waals surface area contributed by atoms with Crippen molar-refractivity contribution in [3.8, 4) is 0 Å². The monoisotopic (exact) mass is 246 g/mol. The Balaban J connectivity index is 1.90. The fourth-order valence-corrected chi connectivity index (χ4v) is 4.06. The molecule has 2 heterocycles. The molecule has 0 radical (unpaired) electrons. The second-order valence-corrected chi connectivity index (χ2v) is 6.64. The van der Waals surface area contributed by atoms with E-state index in [0.29, 0.717) is 13.0 Å². The van der Waals surface area contributed by atoms with Gasteiger partial charge in [0, 0.05) is 6.54 Å². The van der Waals surface area contributed by atoms with Crippen LogP contribution in [-0.2, 0) is 19.4 Å². The van der Waals surface area contributed by atoms with Gasteiger partial charge in [-0.3, -0.25) is 19.8 Å². The first-order valence-electron chi connectivity index (χ1n) is 5.20. The third-order valence-electron chi connectivity index (χ3n) is 2.86. The van der Waals surface area contributed by atoms with Gasteiger partial charge in [-0.25, -0.2) is 8.42 Å². The summed E-state index contributed by atoms with van der Waals surface area (Å²) < 4.78 is 22.5. The van der Waals surface area contributed by atoms with E-state index in [0.717, 1.165) is 0 Å². The van der Waals surface area contributed by atoms with Crippen LogP contribution >= 0.6 is 0 Å². The van der Waals surface area contributed by atoms with Gasteiger partial charge in [0.15, 0.2) is 9.84 Å². The van der Waals surface area contributed by atoms with E-state index >= 15 is 0 Å². The Morgan fingerprint density at radius 1 is 1.25 bits per heavy atom. The number of hydrogen-bond acceptors (Lipinski definition) is 5. The highest BCUT2D eigenvalue weighted by molar-refractivity contribution is 7.91. The van der Waals surface area contributed by atoms with Crippen LogP contribution in [0, 0.1) is 5.92 Å². The van der Waals surface area contributed by atoms with E-state index in [9.17, 15) is 18.0 Å². The maximum Gasteiger partial charge on any atom is 0.240 e. The Kier molecular flexibility index (Phi) is 2.98. The summed E-state index contributed by atoms with van der Waals surface area (Å²) in [5, 5.41) is 2.21. The van der Waals surface area contributed by atoms with Crippen molar-refractivity contribution in [2.45, 2.75) is 6.42 Å². The van der Waals surface area contributed by atoms with E-state index in [1.54, 1.807) is 4.90 Å². The van der Waals surface area contributed by atoms with Gasteiger partial charge in [-0.15, -0.1) is 0 Å². The number of hydrogen-bond donors (Lipinski definition) is 1. The molecule has 16 heavy (non-hydrogen) atoms. The van der Waals surface area contributed by atoms with Gasteiger partial charge < -0.3 is 0 Å². The first-order chi connectivity index (χ1) is 7.44. The number of imide groups is 1. The predicted molar refractivity (Wildman–Crippen MR) is 56.4 cm³/mol. The van der Waals surface area contributed by atoms with Crippen molar-refractivity contribution in [1.82, 2.24) is 10.2 Å². The molecule has 1 atom stereocenters. The molecular formula is C9H14N2O4S. The van der Waals surface area contributed by atoms with Crippen molar-refractivity contribution in [2.24, 2.45) is 5.92 Å². The molecule has 2 aliphatic rings. The SMILES string of the molecule is O=C1CN(CC2CCS(=O)(=O)C2)CC(=O)N1. The first-order valence-corrected chi connectivity index (χ1v) is 7.02. The van der Waals surface area contributed by atoms with Gasteiger partial charge in [-0.05, 0) is 12.3 Å². The lowest BCUT2D eigenvalue weighted by Crippen LogP contribution is -2.52. The summed E-state index contributed by atoms with van der Waals surface area (Å²) in [6.45, 7) is 0.878. The number of nitrogens with zero attached hydrogens (tertiary/aromatic N) is 1.